The Morgan fingerprint density at radius 2 is 1.85 bits per heavy atom. The molecule has 13 heavy (non-hydrogen) atoms. The highest BCUT2D eigenvalue weighted by atomic mass is 28.4. The lowest BCUT2D eigenvalue weighted by Gasteiger charge is -2.09. The van der Waals surface area contributed by atoms with E-state index in [0.29, 0.717) is 0 Å². The van der Waals surface area contributed by atoms with Gasteiger partial charge in [-0.1, -0.05) is 37.3 Å². The van der Waals surface area contributed by atoms with Crippen molar-refractivity contribution in [3.63, 3.8) is 0 Å². The molecule has 0 saturated heterocycles. The first kappa shape index (κ1) is 10.4. The van der Waals surface area contributed by atoms with Crippen molar-refractivity contribution in [3.8, 4) is 0 Å². The number of rotatable bonds is 4. The van der Waals surface area contributed by atoms with Crippen LogP contribution >= 0.6 is 0 Å². The van der Waals surface area contributed by atoms with Crippen LogP contribution in [0.1, 0.15) is 12.5 Å². The van der Waals surface area contributed by atoms with Gasteiger partial charge in [0.1, 0.15) is 0 Å². The topological polar surface area (TPSA) is 0 Å². The van der Waals surface area contributed by atoms with Crippen LogP contribution in [-0.2, 0) is 6.42 Å². The Morgan fingerprint density at radius 1 is 1.23 bits per heavy atom. The van der Waals surface area contributed by atoms with Crippen molar-refractivity contribution in [1.82, 2.24) is 0 Å². The van der Waals surface area contributed by atoms with Gasteiger partial charge in [0.25, 0.3) is 0 Å². The van der Waals surface area contributed by atoms with Crippen molar-refractivity contribution < 1.29 is 8.22 Å². The van der Waals surface area contributed by atoms with E-state index in [1.54, 1.807) is 0 Å². The van der Waals surface area contributed by atoms with Gasteiger partial charge >= 0.3 is 9.46 Å². The Labute approximate surface area is 79.5 Å². The van der Waals surface area contributed by atoms with E-state index < -0.39 is 9.46 Å². The third-order valence-electron chi connectivity index (χ3n) is 2.01. The zero-order chi connectivity index (χ0) is 9.68. The average Bonchev–Trinajstić information content (AvgIpc) is 2.04. The highest BCUT2D eigenvalue weighted by Gasteiger charge is 2.13. The monoisotopic (exact) mass is 200 g/mol. The molecule has 3 heteroatoms. The maximum Gasteiger partial charge on any atom is 0.411 e. The molecule has 0 aromatic heterocycles. The van der Waals surface area contributed by atoms with E-state index in [2.05, 4.69) is 0 Å². The quantitative estimate of drug-likeness (QED) is 0.517. The van der Waals surface area contributed by atoms with Gasteiger partial charge in [-0.2, -0.15) is 0 Å². The van der Waals surface area contributed by atoms with Crippen molar-refractivity contribution in [2.45, 2.75) is 19.4 Å². The molecule has 0 bridgehead atoms. The molecule has 0 heterocycles. The second-order valence-electron chi connectivity index (χ2n) is 3.42. The lowest BCUT2D eigenvalue weighted by Crippen LogP contribution is -2.07. The molecule has 0 nitrogen and oxygen atoms in total. The molecular formula is C10H14F2Si. The van der Waals surface area contributed by atoms with E-state index >= 15 is 0 Å². The van der Waals surface area contributed by atoms with Crippen molar-refractivity contribution in [1.29, 1.82) is 0 Å². The summed E-state index contributed by atoms with van der Waals surface area (Å²) in [4.78, 5) is 0. The zero-order valence-corrected chi connectivity index (χ0v) is 8.87. The fourth-order valence-corrected chi connectivity index (χ4v) is 2.18. The Hall–Kier alpha value is -0.703. The maximum absolute atomic E-state index is 12.1. The molecule has 1 aromatic carbocycles. The molecule has 0 saturated carbocycles. The van der Waals surface area contributed by atoms with Gasteiger partial charge < -0.3 is 0 Å². The lowest BCUT2D eigenvalue weighted by molar-refractivity contribution is 0.568. The summed E-state index contributed by atoms with van der Waals surface area (Å²) in [6.07, 6.45) is 0.776. The Morgan fingerprint density at radius 3 is 2.38 bits per heavy atom. The Balaban J connectivity index is 2.41. The van der Waals surface area contributed by atoms with Crippen LogP contribution in [-0.4, -0.2) is 9.46 Å². The predicted molar refractivity (Wildman–Crippen MR) is 53.5 cm³/mol. The maximum atomic E-state index is 12.1. The molecule has 0 spiro atoms. The number of hydrogen-bond donors (Lipinski definition) is 0. The van der Waals surface area contributed by atoms with Crippen LogP contribution in [0.25, 0.3) is 0 Å². The molecule has 0 aliphatic carbocycles. The minimum Gasteiger partial charge on any atom is -0.275 e. The van der Waals surface area contributed by atoms with Gasteiger partial charge in [-0.3, -0.25) is 8.22 Å². The molecule has 0 aliphatic rings. The van der Waals surface area contributed by atoms with E-state index in [9.17, 15) is 8.22 Å². The summed E-state index contributed by atoms with van der Waals surface area (Å²) in [5.41, 5.74) is 1.16. The molecule has 1 atom stereocenters. The summed E-state index contributed by atoms with van der Waals surface area (Å²) in [6, 6.07) is 9.95. The van der Waals surface area contributed by atoms with Gasteiger partial charge in [-0.05, 0) is 23.9 Å². The van der Waals surface area contributed by atoms with Gasteiger partial charge in [0.15, 0.2) is 0 Å². The van der Waals surface area contributed by atoms with Gasteiger partial charge in [0.2, 0.25) is 0 Å². The summed E-state index contributed by atoms with van der Waals surface area (Å²) in [7, 11) is -3.37. The third-order valence-corrected chi connectivity index (χ3v) is 3.17. The molecule has 0 radical (unpaired) electrons. The Bertz CT molecular complexity index is 236. The first-order valence-electron chi connectivity index (χ1n) is 4.50. The van der Waals surface area contributed by atoms with Crippen LogP contribution in [0.4, 0.5) is 8.22 Å². The van der Waals surface area contributed by atoms with Crippen molar-refractivity contribution >= 4 is 9.46 Å². The largest absolute Gasteiger partial charge is 0.411 e. The molecule has 0 amide bonds. The van der Waals surface area contributed by atoms with E-state index in [1.165, 1.54) is 0 Å². The first-order valence-corrected chi connectivity index (χ1v) is 6.19. The molecule has 0 aliphatic heterocycles. The molecule has 1 rings (SSSR count). The summed E-state index contributed by atoms with van der Waals surface area (Å²) in [5, 5.41) is 0. The van der Waals surface area contributed by atoms with Crippen LogP contribution in [0, 0.1) is 5.92 Å². The second-order valence-corrected chi connectivity index (χ2v) is 4.68. The molecule has 0 N–H and O–H groups in total. The van der Waals surface area contributed by atoms with Gasteiger partial charge in [0.05, 0.1) is 0 Å². The van der Waals surface area contributed by atoms with Gasteiger partial charge in [-0.25, -0.2) is 0 Å². The van der Waals surface area contributed by atoms with Crippen molar-refractivity contribution in [2.75, 3.05) is 0 Å². The number of halogens is 2. The SMILES string of the molecule is CC(Cc1ccccc1)C[SiH](F)F. The summed E-state index contributed by atoms with van der Waals surface area (Å²) >= 11 is 0. The summed E-state index contributed by atoms with van der Waals surface area (Å²) in [5.74, 6) is 0.120. The molecule has 0 fully saturated rings. The molecule has 72 valence electrons. The Kier molecular flexibility index (Phi) is 4.09. The molecular weight excluding hydrogens is 186 g/mol. The fourth-order valence-electron chi connectivity index (χ4n) is 1.40. The van der Waals surface area contributed by atoms with Crippen LogP contribution in [0.3, 0.4) is 0 Å². The first-order chi connectivity index (χ1) is 6.18. The molecule has 1 unspecified atom stereocenters. The van der Waals surface area contributed by atoms with Crippen molar-refractivity contribution in [3.05, 3.63) is 35.9 Å². The highest BCUT2D eigenvalue weighted by molar-refractivity contribution is 6.42. The van der Waals surface area contributed by atoms with Crippen LogP contribution in [0.5, 0.6) is 0 Å². The van der Waals surface area contributed by atoms with Gasteiger partial charge in [-0.15, -0.1) is 0 Å². The van der Waals surface area contributed by atoms with Crippen molar-refractivity contribution in [2.24, 2.45) is 5.92 Å². The van der Waals surface area contributed by atoms with Gasteiger partial charge in [0, 0.05) is 0 Å². The van der Waals surface area contributed by atoms with Crippen LogP contribution < -0.4 is 0 Å². The number of benzene rings is 1. The van der Waals surface area contributed by atoms with E-state index in [0.717, 1.165) is 12.0 Å². The summed E-state index contributed by atoms with van der Waals surface area (Å²) in [6.45, 7) is 1.90. The standard InChI is InChI=1S/C10H14F2Si/c1-9(8-13(11)12)7-10-5-3-2-4-6-10/h2-6,9,13H,7-8H2,1H3. The normalized spacial score (nSPS) is 13.2. The fraction of sp³-hybridized carbons (Fsp3) is 0.400. The summed E-state index contributed by atoms with van der Waals surface area (Å²) < 4.78 is 24.3. The van der Waals surface area contributed by atoms with E-state index in [-0.39, 0.29) is 12.0 Å². The molecule has 1 aromatic rings. The van der Waals surface area contributed by atoms with E-state index in [4.69, 9.17) is 0 Å². The minimum absolute atomic E-state index is 0.120. The minimum atomic E-state index is -3.37. The highest BCUT2D eigenvalue weighted by Crippen LogP contribution is 2.14. The second kappa shape index (κ2) is 5.12. The lowest BCUT2D eigenvalue weighted by atomic mass is 10.0. The average molecular weight is 200 g/mol. The predicted octanol–water partition coefficient (Wildman–Crippen LogP) is 3.02. The smallest absolute Gasteiger partial charge is 0.275 e. The zero-order valence-electron chi connectivity index (χ0n) is 7.71. The van der Waals surface area contributed by atoms with Crippen LogP contribution in [0.15, 0.2) is 30.3 Å². The van der Waals surface area contributed by atoms with E-state index in [1.807, 2.05) is 37.3 Å². The number of hydrogen-bond acceptors (Lipinski definition) is 0. The third kappa shape index (κ3) is 4.17. The van der Waals surface area contributed by atoms with Crippen LogP contribution in [0.2, 0.25) is 6.04 Å².